The monoisotopic (exact) mass is 253 g/mol. The summed E-state index contributed by atoms with van der Waals surface area (Å²) in [4.78, 5) is 14.0. The molecule has 0 unspecified atom stereocenters. The van der Waals surface area contributed by atoms with Gasteiger partial charge in [0.1, 0.15) is 5.75 Å². The van der Waals surface area contributed by atoms with E-state index in [2.05, 4.69) is 0 Å². The van der Waals surface area contributed by atoms with Gasteiger partial charge in [0.2, 0.25) is 0 Å². The predicted octanol–water partition coefficient (Wildman–Crippen LogP) is 2.92. The molecule has 0 aliphatic heterocycles. The Morgan fingerprint density at radius 2 is 2.24 bits per heavy atom. The molecule has 0 heterocycles. The second kappa shape index (κ2) is 4.96. The molecule has 2 rings (SSSR count). The van der Waals surface area contributed by atoms with Crippen LogP contribution in [-0.2, 0) is 0 Å². The molecule has 1 amide bonds. The number of benzene rings is 1. The minimum atomic E-state index is -0.117. The van der Waals surface area contributed by atoms with Gasteiger partial charge in [0, 0.05) is 18.1 Å². The van der Waals surface area contributed by atoms with Crippen LogP contribution in [0.15, 0.2) is 18.2 Å². The SMILES string of the molecule is CCN(CC1CC1)C(=O)c1ccc(Cl)cc1O. The molecule has 1 aliphatic rings. The lowest BCUT2D eigenvalue weighted by Gasteiger charge is -2.21. The summed E-state index contributed by atoms with van der Waals surface area (Å²) in [7, 11) is 0. The quantitative estimate of drug-likeness (QED) is 0.896. The van der Waals surface area contributed by atoms with Crippen molar-refractivity contribution in [1.29, 1.82) is 0 Å². The largest absolute Gasteiger partial charge is 0.507 e. The molecule has 1 saturated carbocycles. The van der Waals surface area contributed by atoms with Crippen LogP contribution in [0.3, 0.4) is 0 Å². The van der Waals surface area contributed by atoms with Gasteiger partial charge in [0.25, 0.3) is 5.91 Å². The Morgan fingerprint density at radius 3 is 2.76 bits per heavy atom. The molecule has 1 N–H and O–H groups in total. The van der Waals surface area contributed by atoms with E-state index < -0.39 is 0 Å². The maximum absolute atomic E-state index is 12.2. The van der Waals surface area contributed by atoms with Crippen LogP contribution in [0.4, 0.5) is 0 Å². The molecule has 1 fully saturated rings. The molecule has 0 aromatic heterocycles. The zero-order valence-electron chi connectivity index (χ0n) is 9.82. The van der Waals surface area contributed by atoms with Crippen LogP contribution in [0, 0.1) is 5.92 Å². The number of nitrogens with zero attached hydrogens (tertiary/aromatic N) is 1. The zero-order chi connectivity index (χ0) is 12.4. The molecule has 17 heavy (non-hydrogen) atoms. The summed E-state index contributed by atoms with van der Waals surface area (Å²) in [6.45, 7) is 3.40. The highest BCUT2D eigenvalue weighted by molar-refractivity contribution is 6.30. The van der Waals surface area contributed by atoms with E-state index in [9.17, 15) is 9.90 Å². The second-order valence-corrected chi connectivity index (χ2v) is 4.89. The predicted molar refractivity (Wildman–Crippen MR) is 67.4 cm³/mol. The second-order valence-electron chi connectivity index (χ2n) is 4.45. The Hall–Kier alpha value is -1.22. The fraction of sp³-hybridized carbons (Fsp3) is 0.462. The molecule has 4 heteroatoms. The highest BCUT2D eigenvalue weighted by Crippen LogP contribution is 2.31. The first-order valence-electron chi connectivity index (χ1n) is 5.89. The first kappa shape index (κ1) is 12.2. The maximum atomic E-state index is 12.2. The standard InChI is InChI=1S/C13H16ClNO2/c1-2-15(8-9-3-4-9)13(17)11-6-5-10(14)7-12(11)16/h5-7,9,16H,2-4,8H2,1H3. The summed E-state index contributed by atoms with van der Waals surface area (Å²) in [6.07, 6.45) is 2.41. The Kier molecular flexibility index (Phi) is 3.57. The van der Waals surface area contributed by atoms with E-state index >= 15 is 0 Å². The van der Waals surface area contributed by atoms with Crippen molar-refractivity contribution in [3.63, 3.8) is 0 Å². The van der Waals surface area contributed by atoms with E-state index in [1.54, 1.807) is 17.0 Å². The van der Waals surface area contributed by atoms with Gasteiger partial charge >= 0.3 is 0 Å². The average Bonchev–Trinajstić information content (AvgIpc) is 3.09. The van der Waals surface area contributed by atoms with E-state index in [4.69, 9.17) is 11.6 Å². The number of hydrogen-bond acceptors (Lipinski definition) is 2. The molecular formula is C13H16ClNO2. The molecule has 0 atom stereocenters. The minimum absolute atomic E-state index is 0.0447. The maximum Gasteiger partial charge on any atom is 0.257 e. The Morgan fingerprint density at radius 1 is 1.53 bits per heavy atom. The van der Waals surface area contributed by atoms with Crippen molar-refractivity contribution in [3.8, 4) is 5.75 Å². The number of hydrogen-bond donors (Lipinski definition) is 1. The molecule has 1 aromatic rings. The summed E-state index contributed by atoms with van der Waals surface area (Å²) in [6, 6.07) is 4.61. The average molecular weight is 254 g/mol. The number of rotatable bonds is 4. The van der Waals surface area contributed by atoms with Gasteiger partial charge < -0.3 is 10.0 Å². The number of aromatic hydroxyl groups is 1. The van der Waals surface area contributed by atoms with E-state index in [1.807, 2.05) is 6.92 Å². The van der Waals surface area contributed by atoms with Gasteiger partial charge in [0.05, 0.1) is 5.56 Å². The molecule has 0 spiro atoms. The molecule has 3 nitrogen and oxygen atoms in total. The van der Waals surface area contributed by atoms with Gasteiger partial charge in [-0.2, -0.15) is 0 Å². The normalized spacial score (nSPS) is 14.7. The van der Waals surface area contributed by atoms with Gasteiger partial charge in [-0.25, -0.2) is 0 Å². The molecule has 0 bridgehead atoms. The summed E-state index contributed by atoms with van der Waals surface area (Å²) in [5.41, 5.74) is 0.330. The molecule has 0 radical (unpaired) electrons. The van der Waals surface area contributed by atoms with Crippen molar-refractivity contribution in [2.45, 2.75) is 19.8 Å². The van der Waals surface area contributed by atoms with Gasteiger partial charge in [-0.1, -0.05) is 11.6 Å². The first-order valence-corrected chi connectivity index (χ1v) is 6.27. The van der Waals surface area contributed by atoms with Gasteiger partial charge in [0.15, 0.2) is 0 Å². The van der Waals surface area contributed by atoms with Crippen LogP contribution >= 0.6 is 11.6 Å². The zero-order valence-corrected chi connectivity index (χ0v) is 10.6. The van der Waals surface area contributed by atoms with Crippen LogP contribution in [0.1, 0.15) is 30.1 Å². The fourth-order valence-electron chi connectivity index (χ4n) is 1.82. The van der Waals surface area contributed by atoms with Crippen molar-refractivity contribution >= 4 is 17.5 Å². The van der Waals surface area contributed by atoms with Gasteiger partial charge in [-0.15, -0.1) is 0 Å². The summed E-state index contributed by atoms with van der Waals surface area (Å²) in [5, 5.41) is 10.2. The number of phenols is 1. The Bertz CT molecular complexity index is 429. The fourth-order valence-corrected chi connectivity index (χ4v) is 1.99. The third kappa shape index (κ3) is 2.91. The first-order chi connectivity index (χ1) is 8.11. The molecule has 1 aromatic carbocycles. The topological polar surface area (TPSA) is 40.5 Å². The third-order valence-corrected chi connectivity index (χ3v) is 3.27. The Labute approximate surface area is 106 Å². The van der Waals surface area contributed by atoms with E-state index in [1.165, 1.54) is 18.9 Å². The van der Waals surface area contributed by atoms with Crippen molar-refractivity contribution in [2.24, 2.45) is 5.92 Å². The van der Waals surface area contributed by atoms with Crippen LogP contribution < -0.4 is 0 Å². The lowest BCUT2D eigenvalue weighted by Crippen LogP contribution is -2.32. The van der Waals surface area contributed by atoms with E-state index in [0.29, 0.717) is 23.0 Å². The van der Waals surface area contributed by atoms with Crippen molar-refractivity contribution in [3.05, 3.63) is 28.8 Å². The van der Waals surface area contributed by atoms with Crippen molar-refractivity contribution in [1.82, 2.24) is 4.90 Å². The number of halogens is 1. The lowest BCUT2D eigenvalue weighted by atomic mass is 10.1. The molecule has 1 aliphatic carbocycles. The van der Waals surface area contributed by atoms with Crippen LogP contribution in [0.2, 0.25) is 5.02 Å². The summed E-state index contributed by atoms with van der Waals surface area (Å²) < 4.78 is 0. The van der Waals surface area contributed by atoms with E-state index in [-0.39, 0.29) is 11.7 Å². The number of phenolic OH excluding ortho intramolecular Hbond substituents is 1. The van der Waals surface area contributed by atoms with Crippen LogP contribution in [0.5, 0.6) is 5.75 Å². The van der Waals surface area contributed by atoms with Gasteiger partial charge in [-0.05, 0) is 43.9 Å². The number of amides is 1. The number of carbonyl (C=O) groups excluding carboxylic acids is 1. The highest BCUT2D eigenvalue weighted by Gasteiger charge is 2.27. The summed E-state index contributed by atoms with van der Waals surface area (Å²) in [5.74, 6) is 0.485. The Balaban J connectivity index is 2.15. The van der Waals surface area contributed by atoms with Crippen molar-refractivity contribution < 1.29 is 9.90 Å². The molecule has 0 saturated heterocycles. The lowest BCUT2D eigenvalue weighted by molar-refractivity contribution is 0.0754. The number of carbonyl (C=O) groups is 1. The van der Waals surface area contributed by atoms with E-state index in [0.717, 1.165) is 6.54 Å². The highest BCUT2D eigenvalue weighted by atomic mass is 35.5. The van der Waals surface area contributed by atoms with Crippen LogP contribution in [-0.4, -0.2) is 29.0 Å². The molecular weight excluding hydrogens is 238 g/mol. The minimum Gasteiger partial charge on any atom is -0.507 e. The summed E-state index contributed by atoms with van der Waals surface area (Å²) >= 11 is 5.74. The van der Waals surface area contributed by atoms with Crippen LogP contribution in [0.25, 0.3) is 0 Å². The van der Waals surface area contributed by atoms with Gasteiger partial charge in [-0.3, -0.25) is 4.79 Å². The smallest absolute Gasteiger partial charge is 0.257 e. The van der Waals surface area contributed by atoms with Crippen molar-refractivity contribution in [2.75, 3.05) is 13.1 Å². The third-order valence-electron chi connectivity index (χ3n) is 3.03. The molecule has 92 valence electrons.